The monoisotopic (exact) mass is 300 g/mol. The summed E-state index contributed by atoms with van der Waals surface area (Å²) in [6, 6.07) is 0. The molecule has 0 aromatic carbocycles. The molecule has 3 N–H and O–H groups in total. The van der Waals surface area contributed by atoms with E-state index >= 15 is 0 Å². The molecule has 21 heavy (non-hydrogen) atoms. The number of unbranched alkanes of at least 4 members (excludes halogenated alkanes) is 1. The summed E-state index contributed by atoms with van der Waals surface area (Å²) in [6.45, 7) is 3.58. The minimum Gasteiger partial charge on any atom is -0.382 e. The third-order valence-electron chi connectivity index (χ3n) is 4.24. The lowest BCUT2D eigenvalue weighted by atomic mass is 9.80. The molecule has 0 heterocycles. The second kappa shape index (κ2) is 12.0. The molecule has 1 aliphatic rings. The molecular formula is C16H32N2O3. The van der Waals surface area contributed by atoms with Crippen LogP contribution in [-0.2, 0) is 14.3 Å². The van der Waals surface area contributed by atoms with Crippen LogP contribution in [0.1, 0.15) is 44.9 Å². The number of hydrogen-bond acceptors (Lipinski definition) is 4. The van der Waals surface area contributed by atoms with Crippen LogP contribution in [0.2, 0.25) is 0 Å². The summed E-state index contributed by atoms with van der Waals surface area (Å²) in [5.74, 6) is 1.44. The maximum Gasteiger partial charge on any atom is 0.220 e. The van der Waals surface area contributed by atoms with Gasteiger partial charge in [-0.1, -0.05) is 0 Å². The maximum atomic E-state index is 11.9. The molecule has 0 spiro atoms. The minimum absolute atomic E-state index is 0.200. The van der Waals surface area contributed by atoms with E-state index in [1.165, 1.54) is 12.8 Å². The Labute approximate surface area is 128 Å². The molecule has 5 nitrogen and oxygen atoms in total. The van der Waals surface area contributed by atoms with Crippen LogP contribution in [0, 0.1) is 11.8 Å². The van der Waals surface area contributed by atoms with Crippen molar-refractivity contribution in [2.24, 2.45) is 17.6 Å². The van der Waals surface area contributed by atoms with Gasteiger partial charge in [-0.25, -0.2) is 0 Å². The van der Waals surface area contributed by atoms with Gasteiger partial charge in [0.05, 0.1) is 13.2 Å². The smallest absolute Gasteiger partial charge is 0.220 e. The fourth-order valence-electron chi connectivity index (χ4n) is 2.81. The van der Waals surface area contributed by atoms with Crippen LogP contribution in [0.4, 0.5) is 0 Å². The first-order valence-corrected chi connectivity index (χ1v) is 8.29. The lowest BCUT2D eigenvalue weighted by Gasteiger charge is -2.27. The van der Waals surface area contributed by atoms with E-state index in [-0.39, 0.29) is 5.91 Å². The van der Waals surface area contributed by atoms with Crippen LogP contribution in [-0.4, -0.2) is 45.9 Å². The van der Waals surface area contributed by atoms with Gasteiger partial charge in [-0.15, -0.1) is 0 Å². The lowest BCUT2D eigenvalue weighted by molar-refractivity contribution is -0.122. The van der Waals surface area contributed by atoms with E-state index in [1.807, 2.05) is 0 Å². The molecule has 5 heteroatoms. The molecular weight excluding hydrogens is 268 g/mol. The van der Waals surface area contributed by atoms with Crippen molar-refractivity contribution in [1.82, 2.24) is 5.32 Å². The van der Waals surface area contributed by atoms with E-state index in [0.29, 0.717) is 31.5 Å². The zero-order valence-corrected chi connectivity index (χ0v) is 13.4. The minimum atomic E-state index is 0.200. The van der Waals surface area contributed by atoms with E-state index < -0.39 is 0 Å². The van der Waals surface area contributed by atoms with Crippen LogP contribution in [0.25, 0.3) is 0 Å². The molecule has 0 aromatic rings. The first kappa shape index (κ1) is 18.4. The van der Waals surface area contributed by atoms with E-state index in [4.69, 9.17) is 15.2 Å². The predicted octanol–water partition coefficient (Wildman–Crippen LogP) is 1.70. The van der Waals surface area contributed by atoms with Crippen molar-refractivity contribution in [1.29, 1.82) is 0 Å². The van der Waals surface area contributed by atoms with Gasteiger partial charge >= 0.3 is 0 Å². The number of amides is 1. The SMILES string of the molecule is COCCOCCCCNC(=O)CC1CCC(CN)CC1. The molecule has 0 atom stereocenters. The molecule has 0 aromatic heterocycles. The zero-order valence-electron chi connectivity index (χ0n) is 13.4. The van der Waals surface area contributed by atoms with Gasteiger partial charge in [-0.05, 0) is 56.9 Å². The van der Waals surface area contributed by atoms with Gasteiger partial charge in [0, 0.05) is 26.7 Å². The van der Waals surface area contributed by atoms with Crippen LogP contribution >= 0.6 is 0 Å². The number of ether oxygens (including phenoxy) is 2. The van der Waals surface area contributed by atoms with Crippen LogP contribution in [0.5, 0.6) is 0 Å². The number of rotatable bonds is 11. The van der Waals surface area contributed by atoms with Crippen LogP contribution in [0.15, 0.2) is 0 Å². The Morgan fingerprint density at radius 2 is 1.81 bits per heavy atom. The fraction of sp³-hybridized carbons (Fsp3) is 0.938. The summed E-state index contributed by atoms with van der Waals surface area (Å²) in [6.07, 6.45) is 7.32. The summed E-state index contributed by atoms with van der Waals surface area (Å²) < 4.78 is 10.3. The largest absolute Gasteiger partial charge is 0.382 e. The molecule has 1 amide bonds. The highest BCUT2D eigenvalue weighted by atomic mass is 16.5. The average Bonchev–Trinajstić information content (AvgIpc) is 2.50. The normalized spacial score (nSPS) is 22.2. The molecule has 0 saturated heterocycles. The van der Waals surface area contributed by atoms with E-state index in [9.17, 15) is 4.79 Å². The number of hydrogen-bond donors (Lipinski definition) is 2. The summed E-state index contributed by atoms with van der Waals surface area (Å²) >= 11 is 0. The third-order valence-corrected chi connectivity index (χ3v) is 4.24. The molecule has 0 radical (unpaired) electrons. The molecule has 0 unspecified atom stereocenters. The third kappa shape index (κ3) is 9.06. The number of carbonyl (C=O) groups is 1. The molecule has 1 saturated carbocycles. The van der Waals surface area contributed by atoms with Gasteiger partial charge in [-0.3, -0.25) is 4.79 Å². The first-order valence-electron chi connectivity index (χ1n) is 8.29. The average molecular weight is 300 g/mol. The predicted molar refractivity (Wildman–Crippen MR) is 84.1 cm³/mol. The van der Waals surface area contributed by atoms with Gasteiger partial charge in [0.25, 0.3) is 0 Å². The standard InChI is InChI=1S/C16H32N2O3/c1-20-10-11-21-9-3-2-8-18-16(19)12-14-4-6-15(13-17)7-5-14/h14-15H,2-13,17H2,1H3,(H,18,19). The Bertz CT molecular complexity index is 266. The Kier molecular flexibility index (Phi) is 10.5. The van der Waals surface area contributed by atoms with Crippen molar-refractivity contribution in [2.75, 3.05) is 40.0 Å². The maximum absolute atomic E-state index is 11.9. The van der Waals surface area contributed by atoms with Crippen molar-refractivity contribution < 1.29 is 14.3 Å². The molecule has 0 bridgehead atoms. The van der Waals surface area contributed by atoms with Crippen molar-refractivity contribution in [3.05, 3.63) is 0 Å². The molecule has 1 rings (SSSR count). The summed E-state index contributed by atoms with van der Waals surface area (Å²) in [7, 11) is 1.67. The Morgan fingerprint density at radius 1 is 1.10 bits per heavy atom. The highest BCUT2D eigenvalue weighted by Crippen LogP contribution is 2.29. The van der Waals surface area contributed by atoms with Crippen LogP contribution < -0.4 is 11.1 Å². The quantitative estimate of drug-likeness (QED) is 0.570. The Balaban J connectivity index is 1.92. The van der Waals surface area contributed by atoms with E-state index in [2.05, 4.69) is 5.32 Å². The number of carbonyl (C=O) groups excluding carboxylic acids is 1. The number of nitrogens with two attached hydrogens (primary N) is 1. The summed E-state index contributed by atoms with van der Waals surface area (Å²) in [5.41, 5.74) is 5.69. The van der Waals surface area contributed by atoms with Gasteiger partial charge in [-0.2, -0.15) is 0 Å². The lowest BCUT2D eigenvalue weighted by Crippen LogP contribution is -2.29. The van der Waals surface area contributed by atoms with Crippen molar-refractivity contribution >= 4 is 5.91 Å². The fourth-order valence-corrected chi connectivity index (χ4v) is 2.81. The van der Waals surface area contributed by atoms with Gasteiger partial charge in [0.2, 0.25) is 5.91 Å². The second-order valence-electron chi connectivity index (χ2n) is 5.99. The van der Waals surface area contributed by atoms with Gasteiger partial charge in [0.1, 0.15) is 0 Å². The zero-order chi connectivity index (χ0) is 15.3. The van der Waals surface area contributed by atoms with Crippen molar-refractivity contribution in [3.63, 3.8) is 0 Å². The highest BCUT2D eigenvalue weighted by molar-refractivity contribution is 5.76. The number of nitrogens with one attached hydrogen (secondary N) is 1. The Hall–Kier alpha value is -0.650. The summed E-state index contributed by atoms with van der Waals surface area (Å²) in [5, 5.41) is 3.01. The second-order valence-corrected chi connectivity index (χ2v) is 5.99. The highest BCUT2D eigenvalue weighted by Gasteiger charge is 2.21. The molecule has 1 fully saturated rings. The Morgan fingerprint density at radius 3 is 2.48 bits per heavy atom. The van der Waals surface area contributed by atoms with Crippen LogP contribution in [0.3, 0.4) is 0 Å². The summed E-state index contributed by atoms with van der Waals surface area (Å²) in [4.78, 5) is 11.9. The first-order chi connectivity index (χ1) is 10.3. The van der Waals surface area contributed by atoms with Crippen molar-refractivity contribution in [2.45, 2.75) is 44.9 Å². The molecule has 1 aliphatic carbocycles. The molecule has 124 valence electrons. The van der Waals surface area contributed by atoms with E-state index in [0.717, 1.165) is 45.4 Å². The molecule has 0 aliphatic heterocycles. The van der Waals surface area contributed by atoms with E-state index in [1.54, 1.807) is 7.11 Å². The van der Waals surface area contributed by atoms with Gasteiger partial charge in [0.15, 0.2) is 0 Å². The number of methoxy groups -OCH3 is 1. The topological polar surface area (TPSA) is 73.6 Å². The van der Waals surface area contributed by atoms with Gasteiger partial charge < -0.3 is 20.5 Å². The van der Waals surface area contributed by atoms with Crippen molar-refractivity contribution in [3.8, 4) is 0 Å².